The lowest BCUT2D eigenvalue weighted by atomic mass is 10.0. The molecule has 2 rings (SSSR count). The second-order valence-electron chi connectivity index (χ2n) is 3.85. The van der Waals surface area contributed by atoms with E-state index in [1.807, 2.05) is 4.90 Å². The fourth-order valence-corrected chi connectivity index (χ4v) is 1.94. The number of aliphatic hydroxyl groups excluding tert-OH is 1. The number of aliphatic hydroxyl groups is 1. The van der Waals surface area contributed by atoms with E-state index in [0.717, 1.165) is 32.1 Å². The molecule has 1 saturated heterocycles. The number of aromatic nitrogens is 1. The Bertz CT molecular complexity index is 377. The molecule has 0 spiro atoms. The summed E-state index contributed by atoms with van der Waals surface area (Å²) in [5.74, 6) is -1.10. The number of anilines is 1. The third-order valence-corrected chi connectivity index (χ3v) is 2.79. The van der Waals surface area contributed by atoms with Crippen LogP contribution in [0.15, 0.2) is 10.7 Å². The molecule has 1 aromatic heterocycles. The number of carboxylic acid groups (broad SMARTS) is 1. The molecular weight excluding hydrogens is 212 g/mol. The van der Waals surface area contributed by atoms with E-state index >= 15 is 0 Å². The number of carbonyl (C=O) groups is 1. The normalized spacial score (nSPS) is 21.1. The molecule has 1 fully saturated rings. The summed E-state index contributed by atoms with van der Waals surface area (Å²) in [4.78, 5) is 16.4. The molecule has 1 atom stereocenters. The van der Waals surface area contributed by atoms with Gasteiger partial charge in [-0.15, -0.1) is 0 Å². The highest BCUT2D eigenvalue weighted by molar-refractivity contribution is 5.85. The molecule has 0 radical (unpaired) electrons. The van der Waals surface area contributed by atoms with Crippen molar-refractivity contribution in [2.45, 2.75) is 25.3 Å². The van der Waals surface area contributed by atoms with Crippen LogP contribution in [0.5, 0.6) is 0 Å². The third-order valence-electron chi connectivity index (χ3n) is 2.79. The maximum atomic E-state index is 10.7. The predicted molar refractivity (Wildman–Crippen MR) is 55.5 cm³/mol. The monoisotopic (exact) mass is 226 g/mol. The molecular formula is C10H14N2O4. The van der Waals surface area contributed by atoms with Gasteiger partial charge in [-0.2, -0.15) is 4.98 Å². The van der Waals surface area contributed by atoms with Crippen molar-refractivity contribution in [1.29, 1.82) is 0 Å². The van der Waals surface area contributed by atoms with E-state index in [4.69, 9.17) is 9.52 Å². The molecule has 1 unspecified atom stereocenters. The quantitative estimate of drug-likeness (QED) is 0.789. The Morgan fingerprint density at radius 3 is 3.06 bits per heavy atom. The summed E-state index contributed by atoms with van der Waals surface area (Å²) >= 11 is 0. The highest BCUT2D eigenvalue weighted by Gasteiger charge is 2.26. The van der Waals surface area contributed by atoms with Gasteiger partial charge in [-0.1, -0.05) is 0 Å². The summed E-state index contributed by atoms with van der Waals surface area (Å²) < 4.78 is 5.12. The summed E-state index contributed by atoms with van der Waals surface area (Å²) in [7, 11) is 0. The number of oxazole rings is 1. The second kappa shape index (κ2) is 4.52. The lowest BCUT2D eigenvalue weighted by molar-refractivity contribution is 0.0690. The van der Waals surface area contributed by atoms with Crippen LogP contribution in [0.1, 0.15) is 29.8 Å². The zero-order valence-corrected chi connectivity index (χ0v) is 8.80. The summed E-state index contributed by atoms with van der Waals surface area (Å²) in [6.07, 6.45) is 4.07. The van der Waals surface area contributed by atoms with Gasteiger partial charge >= 0.3 is 5.97 Å². The Morgan fingerprint density at radius 1 is 1.62 bits per heavy atom. The van der Waals surface area contributed by atoms with Gasteiger partial charge in [0.15, 0.2) is 5.69 Å². The van der Waals surface area contributed by atoms with Gasteiger partial charge in [0, 0.05) is 6.54 Å². The molecule has 1 aliphatic rings. The largest absolute Gasteiger partial charge is 0.476 e. The predicted octanol–water partition coefficient (Wildman–Crippen LogP) is 0.724. The van der Waals surface area contributed by atoms with Crippen molar-refractivity contribution < 1.29 is 19.4 Å². The molecule has 2 N–H and O–H groups in total. The van der Waals surface area contributed by atoms with Gasteiger partial charge in [0.25, 0.3) is 6.01 Å². The Kier molecular flexibility index (Phi) is 3.09. The second-order valence-corrected chi connectivity index (χ2v) is 3.85. The van der Waals surface area contributed by atoms with Crippen molar-refractivity contribution in [2.24, 2.45) is 0 Å². The average Bonchev–Trinajstić information content (AvgIpc) is 2.78. The first kappa shape index (κ1) is 10.9. The first-order valence-corrected chi connectivity index (χ1v) is 5.28. The van der Waals surface area contributed by atoms with Gasteiger partial charge < -0.3 is 19.5 Å². The molecule has 2 heterocycles. The van der Waals surface area contributed by atoms with Crippen molar-refractivity contribution in [2.75, 3.05) is 18.1 Å². The van der Waals surface area contributed by atoms with Crippen LogP contribution < -0.4 is 4.90 Å². The van der Waals surface area contributed by atoms with E-state index in [-0.39, 0.29) is 24.4 Å². The minimum Gasteiger partial charge on any atom is -0.476 e. The Hall–Kier alpha value is -1.56. The Labute approximate surface area is 92.5 Å². The van der Waals surface area contributed by atoms with Crippen LogP contribution in [0.4, 0.5) is 6.01 Å². The molecule has 1 aliphatic heterocycles. The lowest BCUT2D eigenvalue weighted by Gasteiger charge is -2.33. The van der Waals surface area contributed by atoms with Gasteiger partial charge in [0.1, 0.15) is 6.26 Å². The molecule has 16 heavy (non-hydrogen) atoms. The van der Waals surface area contributed by atoms with Crippen molar-refractivity contribution >= 4 is 12.0 Å². The van der Waals surface area contributed by atoms with Crippen molar-refractivity contribution in [3.63, 3.8) is 0 Å². The van der Waals surface area contributed by atoms with E-state index in [9.17, 15) is 9.90 Å². The number of carboxylic acids is 1. The molecule has 1 aromatic rings. The van der Waals surface area contributed by atoms with Crippen LogP contribution in [0, 0.1) is 0 Å². The first-order valence-electron chi connectivity index (χ1n) is 5.28. The highest BCUT2D eigenvalue weighted by Crippen LogP contribution is 2.23. The van der Waals surface area contributed by atoms with E-state index < -0.39 is 5.97 Å². The van der Waals surface area contributed by atoms with E-state index in [1.165, 1.54) is 0 Å². The standard InChI is InChI=1S/C10H14N2O4/c13-5-7-3-1-2-4-12(7)10-11-8(6-16-10)9(14)15/h6-7,13H,1-5H2,(H,14,15). The highest BCUT2D eigenvalue weighted by atomic mass is 16.4. The maximum absolute atomic E-state index is 10.7. The molecule has 0 bridgehead atoms. The van der Waals surface area contributed by atoms with Gasteiger partial charge in [0.2, 0.25) is 0 Å². The number of nitrogens with zero attached hydrogens (tertiary/aromatic N) is 2. The maximum Gasteiger partial charge on any atom is 0.357 e. The smallest absolute Gasteiger partial charge is 0.357 e. The van der Waals surface area contributed by atoms with Crippen molar-refractivity contribution in [1.82, 2.24) is 4.98 Å². The molecule has 6 nitrogen and oxygen atoms in total. The number of rotatable bonds is 3. The van der Waals surface area contributed by atoms with Crippen LogP contribution in [0.3, 0.4) is 0 Å². The Morgan fingerprint density at radius 2 is 2.44 bits per heavy atom. The van der Waals surface area contributed by atoms with E-state index in [0.29, 0.717) is 0 Å². The molecule has 0 aliphatic carbocycles. The van der Waals surface area contributed by atoms with Crippen LogP contribution in [-0.2, 0) is 0 Å². The van der Waals surface area contributed by atoms with Gasteiger partial charge in [-0.05, 0) is 19.3 Å². The number of hydrogen-bond donors (Lipinski definition) is 2. The zero-order chi connectivity index (χ0) is 11.5. The van der Waals surface area contributed by atoms with Crippen LogP contribution in [0.25, 0.3) is 0 Å². The van der Waals surface area contributed by atoms with Gasteiger partial charge in [-0.25, -0.2) is 4.79 Å². The molecule has 0 saturated carbocycles. The van der Waals surface area contributed by atoms with Crippen molar-refractivity contribution in [3.05, 3.63) is 12.0 Å². The minimum atomic E-state index is -1.10. The Balaban J connectivity index is 2.17. The SMILES string of the molecule is O=C(O)c1coc(N2CCCCC2CO)n1. The minimum absolute atomic E-state index is 0.0194. The number of aromatic carboxylic acids is 1. The molecule has 0 aromatic carbocycles. The first-order chi connectivity index (χ1) is 7.72. The lowest BCUT2D eigenvalue weighted by Crippen LogP contribution is -2.42. The summed E-state index contributed by atoms with van der Waals surface area (Å²) in [5.41, 5.74) is -0.0998. The van der Waals surface area contributed by atoms with Crippen LogP contribution in [-0.4, -0.2) is 40.4 Å². The fourth-order valence-electron chi connectivity index (χ4n) is 1.94. The fraction of sp³-hybridized carbons (Fsp3) is 0.600. The molecule has 88 valence electrons. The van der Waals surface area contributed by atoms with E-state index in [1.54, 1.807) is 0 Å². The van der Waals surface area contributed by atoms with Crippen LogP contribution in [0.2, 0.25) is 0 Å². The van der Waals surface area contributed by atoms with E-state index in [2.05, 4.69) is 4.98 Å². The third kappa shape index (κ3) is 2.01. The van der Waals surface area contributed by atoms with Crippen molar-refractivity contribution in [3.8, 4) is 0 Å². The summed E-state index contributed by atoms with van der Waals surface area (Å²) in [6, 6.07) is 0.269. The van der Waals surface area contributed by atoms with Crippen LogP contribution >= 0.6 is 0 Å². The summed E-state index contributed by atoms with van der Waals surface area (Å²) in [6.45, 7) is 0.773. The average molecular weight is 226 g/mol. The zero-order valence-electron chi connectivity index (χ0n) is 8.80. The van der Waals surface area contributed by atoms with Gasteiger partial charge in [-0.3, -0.25) is 0 Å². The molecule has 6 heteroatoms. The number of hydrogen-bond acceptors (Lipinski definition) is 5. The van der Waals surface area contributed by atoms with Gasteiger partial charge in [0.05, 0.1) is 12.6 Å². The summed E-state index contributed by atoms with van der Waals surface area (Å²) in [5, 5.41) is 17.9. The molecule has 0 amide bonds. The number of piperidine rings is 1. The topological polar surface area (TPSA) is 86.8 Å².